The first-order valence-corrected chi connectivity index (χ1v) is 10.4. The molecule has 0 bridgehead atoms. The Balaban J connectivity index is 2.39. The second-order valence-electron chi connectivity index (χ2n) is 6.52. The molecule has 0 aromatic heterocycles. The van der Waals surface area contributed by atoms with Crippen molar-refractivity contribution in [2.24, 2.45) is 0 Å². The fourth-order valence-electron chi connectivity index (χ4n) is 3.46. The third-order valence-corrected chi connectivity index (χ3v) is 5.94. The maximum atomic E-state index is 4.05. The fourth-order valence-corrected chi connectivity index (χ4v) is 4.41. The number of nitrogens with one attached hydrogen (secondary N) is 1. The molecule has 0 radical (unpaired) electrons. The summed E-state index contributed by atoms with van der Waals surface area (Å²) in [6, 6.07) is 1.57. The van der Waals surface area contributed by atoms with Gasteiger partial charge in [-0.3, -0.25) is 0 Å². The van der Waals surface area contributed by atoms with Gasteiger partial charge in [-0.15, -0.1) is 0 Å². The van der Waals surface area contributed by atoms with Crippen LogP contribution in [0.5, 0.6) is 0 Å². The highest BCUT2D eigenvalue weighted by molar-refractivity contribution is 7.99. The Morgan fingerprint density at radius 1 is 0.950 bits per heavy atom. The summed E-state index contributed by atoms with van der Waals surface area (Å²) >= 11 is 2.09. The first-order valence-electron chi connectivity index (χ1n) is 9.10. The molecule has 1 nitrogen and oxygen atoms in total. The monoisotopic (exact) mass is 299 g/mol. The molecule has 0 aliphatic heterocycles. The van der Waals surface area contributed by atoms with E-state index in [0.717, 1.165) is 17.3 Å². The number of unbranched alkanes of at least 4 members (excludes halogenated alkanes) is 4. The minimum Gasteiger partial charge on any atom is -0.310 e. The molecule has 1 saturated carbocycles. The van der Waals surface area contributed by atoms with Crippen LogP contribution < -0.4 is 5.32 Å². The van der Waals surface area contributed by atoms with E-state index >= 15 is 0 Å². The zero-order valence-corrected chi connectivity index (χ0v) is 14.9. The Hall–Kier alpha value is 0.310. The summed E-state index contributed by atoms with van der Waals surface area (Å²) < 4.78 is 0. The second-order valence-corrected chi connectivity index (χ2v) is 7.60. The van der Waals surface area contributed by atoms with Crippen LogP contribution in [0.3, 0.4) is 0 Å². The highest BCUT2D eigenvalue weighted by atomic mass is 32.2. The summed E-state index contributed by atoms with van der Waals surface area (Å²) in [5.74, 6) is 0. The number of hydrogen-bond donors (Lipinski definition) is 1. The van der Waals surface area contributed by atoms with Crippen molar-refractivity contribution in [1.29, 1.82) is 0 Å². The third kappa shape index (κ3) is 7.36. The summed E-state index contributed by atoms with van der Waals surface area (Å²) in [6.07, 6.45) is 19.1. The van der Waals surface area contributed by atoms with E-state index < -0.39 is 0 Å². The third-order valence-electron chi connectivity index (χ3n) is 4.77. The molecular formula is C18H37NS. The molecule has 0 amide bonds. The van der Waals surface area contributed by atoms with E-state index in [0.29, 0.717) is 0 Å². The Bertz CT molecular complexity index is 209. The minimum atomic E-state index is 0.783. The maximum absolute atomic E-state index is 4.05. The molecule has 2 unspecified atom stereocenters. The Morgan fingerprint density at radius 3 is 2.10 bits per heavy atom. The molecule has 2 atom stereocenters. The molecule has 1 fully saturated rings. The van der Waals surface area contributed by atoms with Gasteiger partial charge in [0.15, 0.2) is 0 Å². The van der Waals surface area contributed by atoms with Crippen LogP contribution >= 0.6 is 11.8 Å². The molecule has 0 aromatic rings. The van der Waals surface area contributed by atoms with Crippen molar-refractivity contribution in [2.75, 3.05) is 6.26 Å². The lowest BCUT2D eigenvalue weighted by Crippen LogP contribution is -2.45. The standard InChI is InChI=1S/C18H37NS/c1-4-6-8-12-16(13-9-7-5-2)19-17-14-10-11-15-18(17)20-3/h16-19H,4-15H2,1-3H3. The van der Waals surface area contributed by atoms with Crippen molar-refractivity contribution in [3.8, 4) is 0 Å². The van der Waals surface area contributed by atoms with E-state index in [1.165, 1.54) is 77.0 Å². The molecular weight excluding hydrogens is 262 g/mol. The minimum absolute atomic E-state index is 0.783. The van der Waals surface area contributed by atoms with Crippen LogP contribution in [0.15, 0.2) is 0 Å². The summed E-state index contributed by atoms with van der Waals surface area (Å²) in [5, 5.41) is 4.92. The van der Waals surface area contributed by atoms with Crippen molar-refractivity contribution < 1.29 is 0 Å². The normalized spacial score (nSPS) is 23.4. The molecule has 0 aromatic carbocycles. The van der Waals surface area contributed by atoms with Crippen LogP contribution in [0.25, 0.3) is 0 Å². The quantitative estimate of drug-likeness (QED) is 0.485. The van der Waals surface area contributed by atoms with E-state index in [1.54, 1.807) is 0 Å². The topological polar surface area (TPSA) is 12.0 Å². The predicted molar refractivity (Wildman–Crippen MR) is 94.8 cm³/mol. The molecule has 0 saturated heterocycles. The largest absolute Gasteiger partial charge is 0.310 e. The van der Waals surface area contributed by atoms with Gasteiger partial charge in [-0.25, -0.2) is 0 Å². The Morgan fingerprint density at radius 2 is 1.55 bits per heavy atom. The van der Waals surface area contributed by atoms with E-state index in [1.807, 2.05) is 0 Å². The molecule has 2 heteroatoms. The van der Waals surface area contributed by atoms with E-state index in [4.69, 9.17) is 0 Å². The van der Waals surface area contributed by atoms with Gasteiger partial charge in [0.2, 0.25) is 0 Å². The highest BCUT2D eigenvalue weighted by Gasteiger charge is 2.25. The van der Waals surface area contributed by atoms with Gasteiger partial charge in [-0.1, -0.05) is 65.2 Å². The van der Waals surface area contributed by atoms with Crippen LogP contribution in [0, 0.1) is 0 Å². The number of hydrogen-bond acceptors (Lipinski definition) is 2. The molecule has 120 valence electrons. The van der Waals surface area contributed by atoms with Crippen LogP contribution in [-0.4, -0.2) is 23.6 Å². The first-order chi connectivity index (χ1) is 9.81. The van der Waals surface area contributed by atoms with Gasteiger partial charge in [0, 0.05) is 17.3 Å². The lowest BCUT2D eigenvalue weighted by atomic mass is 9.92. The Kier molecular flexibility index (Phi) is 10.9. The van der Waals surface area contributed by atoms with Crippen molar-refractivity contribution >= 4 is 11.8 Å². The summed E-state index contributed by atoms with van der Waals surface area (Å²) in [4.78, 5) is 0. The SMILES string of the molecule is CCCCCC(CCCCC)NC1CCCCC1SC. The average Bonchev–Trinajstić information content (AvgIpc) is 2.48. The van der Waals surface area contributed by atoms with Gasteiger partial charge in [0.1, 0.15) is 0 Å². The molecule has 1 rings (SSSR count). The molecule has 1 aliphatic rings. The molecule has 0 heterocycles. The van der Waals surface area contributed by atoms with Crippen molar-refractivity contribution in [2.45, 2.75) is 108 Å². The molecule has 1 N–H and O–H groups in total. The molecule has 1 aliphatic carbocycles. The lowest BCUT2D eigenvalue weighted by molar-refractivity contribution is 0.316. The number of thioether (sulfide) groups is 1. The summed E-state index contributed by atoms with van der Waals surface area (Å²) in [5.41, 5.74) is 0. The predicted octanol–water partition coefficient (Wildman–Crippen LogP) is 5.78. The number of rotatable bonds is 11. The van der Waals surface area contributed by atoms with Gasteiger partial charge in [0.25, 0.3) is 0 Å². The first kappa shape index (κ1) is 18.4. The van der Waals surface area contributed by atoms with Crippen LogP contribution in [0.4, 0.5) is 0 Å². The zero-order valence-electron chi connectivity index (χ0n) is 14.1. The Labute approximate surface area is 132 Å². The second kappa shape index (κ2) is 11.9. The van der Waals surface area contributed by atoms with Crippen LogP contribution in [0.2, 0.25) is 0 Å². The van der Waals surface area contributed by atoms with Gasteiger partial charge in [0.05, 0.1) is 0 Å². The van der Waals surface area contributed by atoms with Gasteiger partial charge in [-0.2, -0.15) is 11.8 Å². The van der Waals surface area contributed by atoms with Crippen molar-refractivity contribution in [1.82, 2.24) is 5.32 Å². The van der Waals surface area contributed by atoms with Crippen LogP contribution in [-0.2, 0) is 0 Å². The highest BCUT2D eigenvalue weighted by Crippen LogP contribution is 2.28. The summed E-state index contributed by atoms with van der Waals surface area (Å²) in [6.45, 7) is 4.62. The van der Waals surface area contributed by atoms with E-state index in [2.05, 4.69) is 37.2 Å². The van der Waals surface area contributed by atoms with Gasteiger partial charge in [-0.05, 0) is 31.9 Å². The average molecular weight is 300 g/mol. The molecule has 0 spiro atoms. The summed E-state index contributed by atoms with van der Waals surface area (Å²) in [7, 11) is 0. The van der Waals surface area contributed by atoms with E-state index in [-0.39, 0.29) is 0 Å². The lowest BCUT2D eigenvalue weighted by Gasteiger charge is -2.34. The van der Waals surface area contributed by atoms with Crippen LogP contribution in [0.1, 0.15) is 90.9 Å². The van der Waals surface area contributed by atoms with Crippen molar-refractivity contribution in [3.05, 3.63) is 0 Å². The zero-order chi connectivity index (χ0) is 14.6. The van der Waals surface area contributed by atoms with Gasteiger partial charge < -0.3 is 5.32 Å². The van der Waals surface area contributed by atoms with E-state index in [9.17, 15) is 0 Å². The smallest absolute Gasteiger partial charge is 0.0198 e. The van der Waals surface area contributed by atoms with Gasteiger partial charge >= 0.3 is 0 Å². The fraction of sp³-hybridized carbons (Fsp3) is 1.00. The maximum Gasteiger partial charge on any atom is 0.0198 e. The molecule has 20 heavy (non-hydrogen) atoms. The van der Waals surface area contributed by atoms with Crippen molar-refractivity contribution in [3.63, 3.8) is 0 Å².